The van der Waals surface area contributed by atoms with Crippen LogP contribution in [0.2, 0.25) is 0 Å². The molecule has 1 saturated heterocycles. The summed E-state index contributed by atoms with van der Waals surface area (Å²) in [5, 5.41) is 0. The van der Waals surface area contributed by atoms with Crippen LogP contribution in [0.3, 0.4) is 0 Å². The number of benzene rings is 1. The van der Waals surface area contributed by atoms with Crippen molar-refractivity contribution in [1.29, 1.82) is 0 Å². The topological polar surface area (TPSA) is 23.6 Å². The lowest BCUT2D eigenvalue weighted by atomic mass is 9.95. The van der Waals surface area contributed by atoms with Gasteiger partial charge in [-0.2, -0.15) is 13.2 Å². The molecule has 0 spiro atoms. The lowest BCUT2D eigenvalue weighted by molar-refractivity contribution is -0.138. The van der Waals surface area contributed by atoms with Crippen LogP contribution in [0.5, 0.6) is 0 Å². The standard InChI is InChI=1S/C18H22F4N2O/c1-10(2)24-9-15-14(17(24)25)6-12(7-16(15)18(20,21)22)11(3)23-5-4-13(19)8-23/h6-7,10-11,13H,4-5,8-9H2,1-3H3. The summed E-state index contributed by atoms with van der Waals surface area (Å²) in [6.07, 6.45) is -5.08. The highest BCUT2D eigenvalue weighted by molar-refractivity contribution is 5.99. The number of carbonyl (C=O) groups is 1. The minimum absolute atomic E-state index is 0.0222. The molecule has 2 heterocycles. The second kappa shape index (κ2) is 6.27. The van der Waals surface area contributed by atoms with E-state index in [4.69, 9.17) is 0 Å². The Morgan fingerprint density at radius 3 is 2.40 bits per heavy atom. The van der Waals surface area contributed by atoms with Gasteiger partial charge >= 0.3 is 6.18 Å². The molecule has 1 aromatic carbocycles. The summed E-state index contributed by atoms with van der Waals surface area (Å²) < 4.78 is 54.2. The van der Waals surface area contributed by atoms with Gasteiger partial charge in [0.1, 0.15) is 6.17 Å². The van der Waals surface area contributed by atoms with Gasteiger partial charge in [0.15, 0.2) is 0 Å². The average molecular weight is 358 g/mol. The largest absolute Gasteiger partial charge is 0.416 e. The number of amides is 1. The van der Waals surface area contributed by atoms with E-state index < -0.39 is 17.9 Å². The van der Waals surface area contributed by atoms with Gasteiger partial charge in [0.05, 0.1) is 5.56 Å². The van der Waals surface area contributed by atoms with E-state index in [0.717, 1.165) is 6.07 Å². The SMILES string of the molecule is CC(c1cc2c(c(C(F)(F)F)c1)CN(C(C)C)C2=O)N1CCC(F)C1. The number of carbonyl (C=O) groups excluding carboxylic acids is 1. The first kappa shape index (κ1) is 18.2. The van der Waals surface area contributed by atoms with Gasteiger partial charge in [-0.25, -0.2) is 4.39 Å². The first-order valence-electron chi connectivity index (χ1n) is 8.52. The summed E-state index contributed by atoms with van der Waals surface area (Å²) in [6.45, 7) is 6.03. The molecule has 3 rings (SSSR count). The molecule has 2 atom stereocenters. The van der Waals surface area contributed by atoms with Crippen molar-refractivity contribution in [3.63, 3.8) is 0 Å². The maximum atomic E-state index is 13.6. The maximum absolute atomic E-state index is 13.6. The zero-order chi connectivity index (χ0) is 18.5. The van der Waals surface area contributed by atoms with Gasteiger partial charge in [-0.15, -0.1) is 0 Å². The van der Waals surface area contributed by atoms with Crippen LogP contribution in [-0.2, 0) is 12.7 Å². The highest BCUT2D eigenvalue weighted by atomic mass is 19.4. The summed E-state index contributed by atoms with van der Waals surface area (Å²) in [4.78, 5) is 15.8. The monoisotopic (exact) mass is 358 g/mol. The molecule has 0 aliphatic carbocycles. The van der Waals surface area contributed by atoms with E-state index in [1.807, 2.05) is 4.90 Å². The van der Waals surface area contributed by atoms with Gasteiger partial charge < -0.3 is 4.90 Å². The molecular weight excluding hydrogens is 336 g/mol. The Hall–Kier alpha value is -1.63. The van der Waals surface area contributed by atoms with Gasteiger partial charge in [-0.05, 0) is 50.5 Å². The molecule has 25 heavy (non-hydrogen) atoms. The number of hydrogen-bond acceptors (Lipinski definition) is 2. The van der Waals surface area contributed by atoms with E-state index in [1.165, 1.54) is 4.90 Å². The molecular formula is C18H22F4N2O. The van der Waals surface area contributed by atoms with Crippen LogP contribution >= 0.6 is 0 Å². The van der Waals surface area contributed by atoms with Gasteiger partial charge in [0.25, 0.3) is 5.91 Å². The normalized spacial score (nSPS) is 22.8. The van der Waals surface area contributed by atoms with E-state index in [0.29, 0.717) is 18.5 Å². The zero-order valence-electron chi connectivity index (χ0n) is 14.5. The molecule has 0 saturated carbocycles. The first-order chi connectivity index (χ1) is 11.6. The molecule has 2 unspecified atom stereocenters. The van der Waals surface area contributed by atoms with Gasteiger partial charge in [-0.1, -0.05) is 0 Å². The van der Waals surface area contributed by atoms with Crippen molar-refractivity contribution in [1.82, 2.24) is 9.80 Å². The molecule has 0 bridgehead atoms. The predicted octanol–water partition coefficient (Wildman–Crippen LogP) is 4.17. The molecule has 7 heteroatoms. The fraction of sp³-hybridized carbons (Fsp3) is 0.611. The summed E-state index contributed by atoms with van der Waals surface area (Å²) in [7, 11) is 0. The molecule has 2 aliphatic heterocycles. The molecule has 3 nitrogen and oxygen atoms in total. The summed E-state index contributed by atoms with van der Waals surface area (Å²) >= 11 is 0. The number of likely N-dealkylation sites (tertiary alicyclic amines) is 1. The quantitative estimate of drug-likeness (QED) is 0.757. The van der Waals surface area contributed by atoms with Crippen LogP contribution in [0, 0.1) is 0 Å². The smallest absolute Gasteiger partial charge is 0.332 e. The van der Waals surface area contributed by atoms with Crippen LogP contribution in [0.25, 0.3) is 0 Å². The molecule has 0 aromatic heterocycles. The molecule has 138 valence electrons. The van der Waals surface area contributed by atoms with Crippen molar-refractivity contribution in [3.8, 4) is 0 Å². The van der Waals surface area contributed by atoms with Crippen molar-refractivity contribution >= 4 is 5.91 Å². The van der Waals surface area contributed by atoms with E-state index in [-0.39, 0.29) is 42.2 Å². The Kier molecular flexibility index (Phi) is 4.56. The van der Waals surface area contributed by atoms with Crippen molar-refractivity contribution in [2.75, 3.05) is 13.1 Å². The summed E-state index contributed by atoms with van der Waals surface area (Å²) in [6, 6.07) is 2.15. The van der Waals surface area contributed by atoms with Crippen molar-refractivity contribution in [3.05, 3.63) is 34.4 Å². The van der Waals surface area contributed by atoms with E-state index in [9.17, 15) is 22.4 Å². The molecule has 1 fully saturated rings. The molecule has 2 aliphatic rings. The first-order valence-corrected chi connectivity index (χ1v) is 8.52. The molecule has 0 N–H and O–H groups in total. The Morgan fingerprint density at radius 2 is 1.88 bits per heavy atom. The Bertz CT molecular complexity index is 686. The van der Waals surface area contributed by atoms with Gasteiger partial charge in [0, 0.05) is 37.3 Å². The number of fused-ring (bicyclic) bond motifs is 1. The fourth-order valence-electron chi connectivity index (χ4n) is 3.67. The second-order valence-electron chi connectivity index (χ2n) is 7.18. The zero-order valence-corrected chi connectivity index (χ0v) is 14.5. The van der Waals surface area contributed by atoms with Crippen molar-refractivity contribution in [2.24, 2.45) is 0 Å². The maximum Gasteiger partial charge on any atom is 0.416 e. The van der Waals surface area contributed by atoms with Gasteiger partial charge in [0.2, 0.25) is 0 Å². The lowest BCUT2D eigenvalue weighted by Crippen LogP contribution is -2.30. The third kappa shape index (κ3) is 3.26. The van der Waals surface area contributed by atoms with E-state index in [1.54, 1.807) is 26.8 Å². The van der Waals surface area contributed by atoms with Crippen molar-refractivity contribution < 1.29 is 22.4 Å². The van der Waals surface area contributed by atoms with Crippen LogP contribution in [-0.4, -0.2) is 41.0 Å². The van der Waals surface area contributed by atoms with Gasteiger partial charge in [-0.3, -0.25) is 9.69 Å². The van der Waals surface area contributed by atoms with Crippen LogP contribution in [0.1, 0.15) is 60.3 Å². The fourth-order valence-corrected chi connectivity index (χ4v) is 3.67. The minimum Gasteiger partial charge on any atom is -0.332 e. The highest BCUT2D eigenvalue weighted by Gasteiger charge is 2.41. The van der Waals surface area contributed by atoms with E-state index >= 15 is 0 Å². The van der Waals surface area contributed by atoms with E-state index in [2.05, 4.69) is 0 Å². The summed E-state index contributed by atoms with van der Waals surface area (Å²) in [5.41, 5.74) is -0.160. The predicted molar refractivity (Wildman–Crippen MR) is 86.0 cm³/mol. The third-order valence-corrected chi connectivity index (χ3v) is 5.21. The van der Waals surface area contributed by atoms with Crippen LogP contribution in [0.15, 0.2) is 12.1 Å². The average Bonchev–Trinajstić information content (AvgIpc) is 3.09. The Labute approximate surface area is 144 Å². The molecule has 1 amide bonds. The molecule has 0 radical (unpaired) electrons. The Balaban J connectivity index is 2.04. The number of nitrogens with zero attached hydrogens (tertiary/aromatic N) is 2. The van der Waals surface area contributed by atoms with Crippen LogP contribution in [0.4, 0.5) is 17.6 Å². The third-order valence-electron chi connectivity index (χ3n) is 5.21. The lowest BCUT2D eigenvalue weighted by Gasteiger charge is -2.25. The molecule has 1 aromatic rings. The highest BCUT2D eigenvalue weighted by Crippen LogP contribution is 2.40. The van der Waals surface area contributed by atoms with Crippen molar-refractivity contribution in [2.45, 2.75) is 58.2 Å². The number of rotatable bonds is 3. The Morgan fingerprint density at radius 1 is 1.20 bits per heavy atom. The number of hydrogen-bond donors (Lipinski definition) is 0. The summed E-state index contributed by atoms with van der Waals surface area (Å²) in [5.74, 6) is -0.366. The number of halogens is 4. The van der Waals surface area contributed by atoms with Crippen LogP contribution < -0.4 is 0 Å². The minimum atomic E-state index is -4.53. The number of alkyl halides is 4. The second-order valence-corrected chi connectivity index (χ2v) is 7.18.